The van der Waals surface area contributed by atoms with E-state index in [0.717, 1.165) is 78.1 Å². The molecule has 3 unspecified atom stereocenters. The van der Waals surface area contributed by atoms with Crippen molar-refractivity contribution in [1.82, 2.24) is 0 Å². The fourth-order valence-corrected chi connectivity index (χ4v) is 6.89. The summed E-state index contributed by atoms with van der Waals surface area (Å²) in [4.78, 5) is 46.8. The average Bonchev–Trinajstić information content (AvgIpc) is 3.16. The van der Waals surface area contributed by atoms with Crippen molar-refractivity contribution in [3.63, 3.8) is 0 Å². The molecule has 59 heavy (non-hydrogen) atoms. The van der Waals surface area contributed by atoms with E-state index in [1.165, 1.54) is 0 Å². The summed E-state index contributed by atoms with van der Waals surface area (Å²) >= 11 is 0. The molecule has 0 aromatic carbocycles. The Hall–Kier alpha value is -2.56. The van der Waals surface area contributed by atoms with Crippen LogP contribution in [0.25, 0.3) is 0 Å². The summed E-state index contributed by atoms with van der Waals surface area (Å²) < 4.78 is 38.8. The molecule has 0 amide bonds. The van der Waals surface area contributed by atoms with Gasteiger partial charge in [0.1, 0.15) is 55.9 Å². The van der Waals surface area contributed by atoms with E-state index in [4.69, 9.17) is 38.3 Å². The van der Waals surface area contributed by atoms with Crippen molar-refractivity contribution in [3.8, 4) is 0 Å². The highest BCUT2D eigenvalue weighted by molar-refractivity contribution is 5.70. The lowest BCUT2D eigenvalue weighted by molar-refractivity contribution is -0.361. The zero-order valence-corrected chi connectivity index (χ0v) is 34.7. The molecule has 0 aromatic heterocycles. The van der Waals surface area contributed by atoms with Crippen LogP contribution in [0.5, 0.6) is 0 Å². The quantitative estimate of drug-likeness (QED) is 0.0285. The lowest BCUT2D eigenvalue weighted by Gasteiger charge is -2.46. The van der Waals surface area contributed by atoms with Gasteiger partial charge in [-0.3, -0.25) is 19.2 Å². The van der Waals surface area contributed by atoms with Crippen LogP contribution in [0.15, 0.2) is 0 Å². The summed E-state index contributed by atoms with van der Waals surface area (Å²) in [7, 11) is 0. The molecule has 0 aromatic rings. The highest BCUT2D eigenvalue weighted by Crippen LogP contribution is 2.32. The topological polar surface area (TPSA) is 295 Å². The van der Waals surface area contributed by atoms with Crippen molar-refractivity contribution in [1.29, 1.82) is 0 Å². The minimum absolute atomic E-state index is 0.231. The molecule has 19 nitrogen and oxygen atoms in total. The molecule has 0 bridgehead atoms. The van der Waals surface area contributed by atoms with Crippen LogP contribution < -0.4 is 0 Å². The van der Waals surface area contributed by atoms with Gasteiger partial charge in [0.2, 0.25) is 0 Å². The largest absolute Gasteiger partial charge is 0.481 e. The summed E-state index contributed by atoms with van der Waals surface area (Å²) in [5, 5.41) is 83.5. The van der Waals surface area contributed by atoms with Crippen LogP contribution >= 0.6 is 0 Å². The number of carboxylic acids is 1. The van der Waals surface area contributed by atoms with E-state index >= 15 is 0 Å². The number of carbonyl (C=O) groups excluding carboxylic acids is 3. The third-order valence-corrected chi connectivity index (χ3v) is 10.2. The van der Waals surface area contributed by atoms with Gasteiger partial charge in [-0.2, -0.15) is 0 Å². The fourth-order valence-electron chi connectivity index (χ4n) is 6.89. The first-order chi connectivity index (χ1) is 28.0. The van der Waals surface area contributed by atoms with E-state index in [1.807, 2.05) is 6.92 Å². The second-order valence-corrected chi connectivity index (χ2v) is 15.6. The van der Waals surface area contributed by atoms with E-state index in [0.29, 0.717) is 32.1 Å². The highest BCUT2D eigenvalue weighted by atomic mass is 16.8. The van der Waals surface area contributed by atoms with Crippen LogP contribution in [0, 0.1) is 0 Å². The van der Waals surface area contributed by atoms with Gasteiger partial charge >= 0.3 is 23.9 Å². The number of carbonyl (C=O) groups is 4. The molecule has 2 aliphatic rings. The number of esters is 3. The third-order valence-electron chi connectivity index (χ3n) is 10.2. The number of aliphatic hydroxyl groups excluding tert-OH is 7. The Morgan fingerprint density at radius 3 is 1.59 bits per heavy atom. The highest BCUT2D eigenvalue weighted by Gasteiger charge is 2.53. The summed E-state index contributed by atoms with van der Waals surface area (Å²) in [6.07, 6.45) is -8.11. The maximum Gasteiger partial charge on any atom is 0.308 e. The zero-order valence-electron chi connectivity index (χ0n) is 34.7. The van der Waals surface area contributed by atoms with Gasteiger partial charge in [0.05, 0.1) is 37.8 Å². The predicted molar refractivity (Wildman–Crippen MR) is 205 cm³/mol. The molecule has 2 saturated heterocycles. The molecule has 344 valence electrons. The fraction of sp³-hybridized carbons (Fsp3) is 0.900. The first-order valence-electron chi connectivity index (χ1n) is 21.1. The second kappa shape index (κ2) is 28.9. The number of carboxylic acid groups (broad SMARTS) is 1. The van der Waals surface area contributed by atoms with Crippen molar-refractivity contribution < 1.29 is 93.2 Å². The first-order valence-corrected chi connectivity index (χ1v) is 21.1. The summed E-state index contributed by atoms with van der Waals surface area (Å²) in [6, 6.07) is 0. The summed E-state index contributed by atoms with van der Waals surface area (Å²) in [6.45, 7) is 2.89. The van der Waals surface area contributed by atoms with Gasteiger partial charge in [-0.05, 0) is 19.3 Å². The molecule has 13 atom stereocenters. The van der Waals surface area contributed by atoms with E-state index in [2.05, 4.69) is 0 Å². The number of ether oxygens (including phenoxy) is 7. The molecule has 2 rings (SSSR count). The van der Waals surface area contributed by atoms with Crippen LogP contribution in [0.4, 0.5) is 0 Å². The van der Waals surface area contributed by atoms with Crippen molar-refractivity contribution in [2.45, 2.75) is 210 Å². The molecule has 2 heterocycles. The minimum atomic E-state index is -1.87. The molecule has 0 aliphatic carbocycles. The maximum atomic E-state index is 12.9. The molecule has 2 fully saturated rings. The van der Waals surface area contributed by atoms with Gasteiger partial charge in [-0.25, -0.2) is 0 Å². The Bertz CT molecular complexity index is 1210. The van der Waals surface area contributed by atoms with Crippen molar-refractivity contribution in [2.75, 3.05) is 19.8 Å². The number of rotatable bonds is 30. The molecule has 19 heteroatoms. The predicted octanol–water partition coefficient (Wildman–Crippen LogP) is 1.14. The van der Waals surface area contributed by atoms with Crippen LogP contribution in [0.2, 0.25) is 0 Å². The monoisotopic (exact) mass is 854 g/mol. The molecule has 0 saturated carbocycles. The lowest BCUT2D eigenvalue weighted by Crippen LogP contribution is -2.65. The number of hydrogen-bond acceptors (Lipinski definition) is 18. The number of unbranched alkanes of at least 4 members (excludes halogenated alkanes) is 10. The molecule has 0 spiro atoms. The summed E-state index contributed by atoms with van der Waals surface area (Å²) in [5.41, 5.74) is 0. The Labute approximate surface area is 346 Å². The van der Waals surface area contributed by atoms with Gasteiger partial charge in [-0.15, -0.1) is 0 Å². The van der Waals surface area contributed by atoms with Gasteiger partial charge in [-0.1, -0.05) is 84.0 Å². The molecular formula is C40H70O19. The van der Waals surface area contributed by atoms with Crippen LogP contribution in [-0.4, -0.2) is 164 Å². The van der Waals surface area contributed by atoms with Crippen LogP contribution in [-0.2, 0) is 52.3 Å². The third kappa shape index (κ3) is 20.7. The number of aliphatic hydroxyl groups is 7. The maximum absolute atomic E-state index is 12.9. The van der Waals surface area contributed by atoms with Crippen LogP contribution in [0.1, 0.15) is 130 Å². The van der Waals surface area contributed by atoms with Crippen LogP contribution in [0.3, 0.4) is 0 Å². The van der Waals surface area contributed by atoms with E-state index in [9.17, 15) is 54.9 Å². The molecule has 0 radical (unpaired) electrons. The molecule has 8 N–H and O–H groups in total. The molecule has 2 aliphatic heterocycles. The normalized spacial score (nSPS) is 28.6. The number of aliphatic carboxylic acids is 1. The van der Waals surface area contributed by atoms with Crippen molar-refractivity contribution >= 4 is 23.9 Å². The van der Waals surface area contributed by atoms with Gasteiger partial charge in [0.15, 0.2) is 18.7 Å². The van der Waals surface area contributed by atoms with E-state index < -0.39 is 123 Å². The SMILES string of the molecule is CCCCCC(O)CC(=O)O[C@H]1[C@H](O[C@H]2[C@H](O)[C@@H](O)[C@H](OCC(O)CCCCCCCCCCCC(O)CC(=O)O)O[C@@H]2COC(C)=O)O[C@H](COC(C)=O)[C@@H](O)[C@@H]1O. The minimum Gasteiger partial charge on any atom is -0.481 e. The van der Waals surface area contributed by atoms with Gasteiger partial charge in [0, 0.05) is 13.8 Å². The van der Waals surface area contributed by atoms with Crippen molar-refractivity contribution in [2.24, 2.45) is 0 Å². The lowest BCUT2D eigenvalue weighted by atomic mass is 9.96. The van der Waals surface area contributed by atoms with Gasteiger partial charge < -0.3 is 74.0 Å². The second-order valence-electron chi connectivity index (χ2n) is 15.6. The zero-order chi connectivity index (χ0) is 43.9. The Balaban J connectivity index is 1.97. The van der Waals surface area contributed by atoms with E-state index in [1.54, 1.807) is 0 Å². The molecular weight excluding hydrogens is 784 g/mol. The smallest absolute Gasteiger partial charge is 0.308 e. The Kier molecular flexibility index (Phi) is 25.7. The Morgan fingerprint density at radius 1 is 0.576 bits per heavy atom. The summed E-state index contributed by atoms with van der Waals surface area (Å²) in [5.74, 6) is -3.40. The van der Waals surface area contributed by atoms with Gasteiger partial charge in [0.25, 0.3) is 0 Å². The first kappa shape index (κ1) is 52.6. The van der Waals surface area contributed by atoms with Crippen molar-refractivity contribution in [3.05, 3.63) is 0 Å². The standard InChI is InChI=1S/C40H70O19/c1-4-5-13-16-27(44)20-32(48)58-38-34(50)33(49)29(22-53-24(2)41)56-40(38)59-37-30(23-54-25(3)42)57-39(36(52)35(37)51)55-21-28(45)18-15-12-10-8-6-7-9-11-14-17-26(43)19-31(46)47/h26-30,33-40,43-45,49-52H,4-23H2,1-3H3,(H,46,47)/t26?,27?,28?,29-,30-,33-,34+,35-,36-,37-,38-,39-,40+/m1/s1. The Morgan fingerprint density at radius 2 is 1.05 bits per heavy atom. The van der Waals surface area contributed by atoms with E-state index in [-0.39, 0.29) is 13.0 Å². The average molecular weight is 855 g/mol. The number of hydrogen-bond donors (Lipinski definition) is 8.